The summed E-state index contributed by atoms with van der Waals surface area (Å²) in [6.45, 7) is 5.26. The van der Waals surface area contributed by atoms with Crippen molar-refractivity contribution in [3.8, 4) is 0 Å². The van der Waals surface area contributed by atoms with Crippen LogP contribution >= 0.6 is 0 Å². The van der Waals surface area contributed by atoms with Crippen LogP contribution in [-0.2, 0) is 9.84 Å². The zero-order valence-corrected chi connectivity index (χ0v) is 12.4. The van der Waals surface area contributed by atoms with Crippen LogP contribution in [0.2, 0.25) is 0 Å². The number of aryl methyl sites for hydroxylation is 1. The van der Waals surface area contributed by atoms with Crippen molar-refractivity contribution < 1.29 is 18.3 Å². The van der Waals surface area contributed by atoms with Crippen molar-refractivity contribution in [2.24, 2.45) is 0 Å². The molecule has 5 heteroatoms. The molecule has 0 amide bonds. The molecular formula is C15H20O4S. The molecule has 4 nitrogen and oxygen atoms in total. The molecule has 1 aromatic carbocycles. The van der Waals surface area contributed by atoms with Crippen molar-refractivity contribution in [2.45, 2.75) is 37.5 Å². The molecule has 0 aliphatic rings. The van der Waals surface area contributed by atoms with E-state index < -0.39 is 15.8 Å². The van der Waals surface area contributed by atoms with E-state index in [-0.39, 0.29) is 16.2 Å². The van der Waals surface area contributed by atoms with E-state index in [0.717, 1.165) is 19.3 Å². The molecule has 0 bridgehead atoms. The van der Waals surface area contributed by atoms with Crippen molar-refractivity contribution >= 4 is 15.8 Å². The summed E-state index contributed by atoms with van der Waals surface area (Å²) in [6, 6.07) is 4.26. The van der Waals surface area contributed by atoms with Gasteiger partial charge in [0.2, 0.25) is 0 Å². The van der Waals surface area contributed by atoms with Crippen LogP contribution in [0, 0.1) is 6.92 Å². The number of rotatable bonds is 8. The number of sulfone groups is 1. The highest BCUT2D eigenvalue weighted by molar-refractivity contribution is 7.91. The molecule has 0 heterocycles. The summed E-state index contributed by atoms with van der Waals surface area (Å²) in [7, 11) is -3.41. The molecule has 1 N–H and O–H groups in total. The van der Waals surface area contributed by atoms with Gasteiger partial charge >= 0.3 is 5.97 Å². The Morgan fingerprint density at radius 2 is 2.00 bits per heavy atom. The van der Waals surface area contributed by atoms with Gasteiger partial charge in [-0.05, 0) is 43.9 Å². The molecule has 0 atom stereocenters. The van der Waals surface area contributed by atoms with Crippen LogP contribution in [-0.4, -0.2) is 25.2 Å². The zero-order valence-electron chi connectivity index (χ0n) is 11.6. The second-order valence-corrected chi connectivity index (χ2v) is 6.85. The van der Waals surface area contributed by atoms with Crippen LogP contribution in [0.25, 0.3) is 0 Å². The molecule has 20 heavy (non-hydrogen) atoms. The van der Waals surface area contributed by atoms with Gasteiger partial charge < -0.3 is 5.11 Å². The average Bonchev–Trinajstić information content (AvgIpc) is 2.38. The van der Waals surface area contributed by atoms with E-state index in [4.69, 9.17) is 5.11 Å². The number of hydrogen-bond acceptors (Lipinski definition) is 3. The highest BCUT2D eigenvalue weighted by atomic mass is 32.2. The Morgan fingerprint density at radius 3 is 2.60 bits per heavy atom. The van der Waals surface area contributed by atoms with E-state index in [1.807, 2.05) is 6.08 Å². The van der Waals surface area contributed by atoms with Crippen molar-refractivity contribution in [1.82, 2.24) is 0 Å². The van der Waals surface area contributed by atoms with E-state index in [1.54, 1.807) is 6.92 Å². The summed E-state index contributed by atoms with van der Waals surface area (Å²) < 4.78 is 24.3. The van der Waals surface area contributed by atoms with E-state index in [0.29, 0.717) is 12.0 Å². The van der Waals surface area contributed by atoms with Crippen molar-refractivity contribution in [2.75, 3.05) is 5.75 Å². The molecule has 0 unspecified atom stereocenters. The van der Waals surface area contributed by atoms with Gasteiger partial charge in [-0.3, -0.25) is 0 Å². The third-order valence-corrected chi connectivity index (χ3v) is 4.92. The number of unbranched alkanes of at least 4 members (excludes halogenated alkanes) is 3. The fourth-order valence-electron chi connectivity index (χ4n) is 1.90. The smallest absolute Gasteiger partial charge is 0.335 e. The topological polar surface area (TPSA) is 71.4 Å². The van der Waals surface area contributed by atoms with E-state index in [9.17, 15) is 13.2 Å². The summed E-state index contributed by atoms with van der Waals surface area (Å²) >= 11 is 0. The molecule has 0 aromatic heterocycles. The second kappa shape index (κ2) is 7.24. The molecule has 1 aromatic rings. The third-order valence-electron chi connectivity index (χ3n) is 3.12. The predicted octanol–water partition coefficient (Wildman–Crippen LogP) is 3.21. The van der Waals surface area contributed by atoms with Crippen LogP contribution in [0.4, 0.5) is 0 Å². The van der Waals surface area contributed by atoms with Gasteiger partial charge in [-0.2, -0.15) is 0 Å². The first kappa shape index (κ1) is 16.4. The molecule has 0 radical (unpaired) electrons. The fraction of sp³-hybridized carbons (Fsp3) is 0.400. The van der Waals surface area contributed by atoms with Crippen molar-refractivity contribution in [1.29, 1.82) is 0 Å². The number of aromatic carboxylic acids is 1. The minimum atomic E-state index is -3.41. The second-order valence-electron chi connectivity index (χ2n) is 4.74. The van der Waals surface area contributed by atoms with E-state index >= 15 is 0 Å². The molecule has 0 aliphatic carbocycles. The Labute approximate surface area is 120 Å². The van der Waals surface area contributed by atoms with Crippen LogP contribution in [0.3, 0.4) is 0 Å². The largest absolute Gasteiger partial charge is 0.478 e. The number of benzene rings is 1. The van der Waals surface area contributed by atoms with Gasteiger partial charge in [-0.15, -0.1) is 6.58 Å². The Kier molecular flexibility index (Phi) is 5.95. The van der Waals surface area contributed by atoms with Gasteiger partial charge in [0.1, 0.15) is 0 Å². The molecule has 0 saturated heterocycles. The lowest BCUT2D eigenvalue weighted by molar-refractivity contribution is 0.0696. The van der Waals surface area contributed by atoms with Crippen LogP contribution in [0.1, 0.15) is 41.6 Å². The Morgan fingerprint density at radius 1 is 1.30 bits per heavy atom. The lowest BCUT2D eigenvalue weighted by Gasteiger charge is -2.07. The van der Waals surface area contributed by atoms with E-state index in [2.05, 4.69) is 6.58 Å². The van der Waals surface area contributed by atoms with Crippen LogP contribution < -0.4 is 0 Å². The minimum Gasteiger partial charge on any atom is -0.478 e. The lowest BCUT2D eigenvalue weighted by Crippen LogP contribution is -2.09. The van der Waals surface area contributed by atoms with Crippen molar-refractivity contribution in [3.05, 3.63) is 42.0 Å². The maximum atomic E-state index is 12.1. The Balaban J connectivity index is 2.80. The predicted molar refractivity (Wildman–Crippen MR) is 78.9 cm³/mol. The molecule has 0 spiro atoms. The molecule has 0 aliphatic heterocycles. The summed E-state index contributed by atoms with van der Waals surface area (Å²) in [5.41, 5.74) is 0.597. The average molecular weight is 296 g/mol. The molecule has 0 saturated carbocycles. The summed E-state index contributed by atoms with van der Waals surface area (Å²) in [6.07, 6.45) is 5.02. The molecule has 0 fully saturated rings. The number of carboxylic acids is 1. The molecule has 110 valence electrons. The Bertz CT molecular complexity index is 588. The van der Waals surface area contributed by atoms with Gasteiger partial charge in [0, 0.05) is 0 Å². The van der Waals surface area contributed by atoms with Crippen LogP contribution in [0.15, 0.2) is 35.7 Å². The third kappa shape index (κ3) is 4.49. The summed E-state index contributed by atoms with van der Waals surface area (Å²) in [5.74, 6) is -1.06. The van der Waals surface area contributed by atoms with Crippen LogP contribution in [0.5, 0.6) is 0 Å². The molecular weight excluding hydrogens is 276 g/mol. The fourth-order valence-corrected chi connectivity index (χ4v) is 3.29. The highest BCUT2D eigenvalue weighted by Crippen LogP contribution is 2.18. The number of hydrogen-bond donors (Lipinski definition) is 1. The first-order valence-corrected chi connectivity index (χ1v) is 8.21. The van der Waals surface area contributed by atoms with E-state index in [1.165, 1.54) is 18.2 Å². The molecule has 1 rings (SSSR count). The number of carbonyl (C=O) groups is 1. The SMILES string of the molecule is C=CCCCCCS(=O)(=O)c1ccc(C)c(C(=O)O)c1. The minimum absolute atomic E-state index is 0.0396. The first-order valence-electron chi connectivity index (χ1n) is 6.56. The Hall–Kier alpha value is -1.62. The summed E-state index contributed by atoms with van der Waals surface area (Å²) in [4.78, 5) is 11.1. The van der Waals surface area contributed by atoms with Crippen molar-refractivity contribution in [3.63, 3.8) is 0 Å². The number of carboxylic acid groups (broad SMARTS) is 1. The summed E-state index contributed by atoms with van der Waals surface area (Å²) in [5, 5.41) is 9.02. The zero-order chi connectivity index (χ0) is 15.2. The highest BCUT2D eigenvalue weighted by Gasteiger charge is 2.17. The number of allylic oxidation sites excluding steroid dienone is 1. The van der Waals surface area contributed by atoms with Gasteiger partial charge in [0.05, 0.1) is 16.2 Å². The lowest BCUT2D eigenvalue weighted by atomic mass is 10.1. The standard InChI is InChI=1S/C15H20O4S/c1-3-4-5-6-7-10-20(18,19)13-9-8-12(2)14(11-13)15(16)17/h3,8-9,11H,1,4-7,10H2,2H3,(H,16,17). The van der Waals surface area contributed by atoms with Gasteiger partial charge in [-0.25, -0.2) is 13.2 Å². The van der Waals surface area contributed by atoms with Gasteiger partial charge in [0.15, 0.2) is 9.84 Å². The van der Waals surface area contributed by atoms with Gasteiger partial charge in [0.25, 0.3) is 0 Å². The maximum Gasteiger partial charge on any atom is 0.335 e. The normalized spacial score (nSPS) is 11.2. The first-order chi connectivity index (χ1) is 9.38. The maximum absolute atomic E-state index is 12.1. The monoisotopic (exact) mass is 296 g/mol. The quantitative estimate of drug-likeness (QED) is 0.590. The van der Waals surface area contributed by atoms with Gasteiger partial charge in [-0.1, -0.05) is 18.6 Å².